The highest BCUT2D eigenvalue weighted by Gasteiger charge is 2.22. The molecule has 428 valence electrons. The molecule has 1 saturated heterocycles. The third-order valence-electron chi connectivity index (χ3n) is 14.3. The number of carbonyl (C=O) groups is 1. The molecule has 0 amide bonds. The minimum atomic E-state index is 0.0885. The summed E-state index contributed by atoms with van der Waals surface area (Å²) in [6.45, 7) is 17.4. The maximum absolute atomic E-state index is 13.4. The van der Waals surface area contributed by atoms with E-state index in [0.717, 1.165) is 104 Å². The summed E-state index contributed by atoms with van der Waals surface area (Å²) >= 11 is 4.39. The van der Waals surface area contributed by atoms with Crippen LogP contribution in [0.5, 0.6) is 17.2 Å². The summed E-state index contributed by atoms with van der Waals surface area (Å²) < 4.78 is 59.8. The van der Waals surface area contributed by atoms with Crippen LogP contribution in [0.3, 0.4) is 0 Å². The van der Waals surface area contributed by atoms with Gasteiger partial charge in [-0.15, -0.1) is 22.7 Å². The summed E-state index contributed by atoms with van der Waals surface area (Å²) in [5.74, 6) is 2.41. The number of fused-ring (bicyclic) bond motifs is 21. The Labute approximate surface area is 493 Å². The van der Waals surface area contributed by atoms with Crippen molar-refractivity contribution in [1.29, 1.82) is 0 Å². The van der Waals surface area contributed by atoms with Crippen molar-refractivity contribution in [1.82, 2.24) is 8.75 Å². The van der Waals surface area contributed by atoms with E-state index in [0.29, 0.717) is 125 Å². The van der Waals surface area contributed by atoms with E-state index in [1.807, 2.05) is 36.4 Å². The fraction of sp³-hybridized carbons (Fsp3) is 0.338. The molecule has 14 nitrogen and oxygen atoms in total. The molecule has 82 heavy (non-hydrogen) atoms. The first-order valence-corrected chi connectivity index (χ1v) is 30.3. The molecular weight excluding hydrogens is 1090 g/mol. The average molecular weight is 1160 g/mol. The zero-order valence-corrected chi connectivity index (χ0v) is 49.4. The summed E-state index contributed by atoms with van der Waals surface area (Å²) in [7, 11) is 1.68. The van der Waals surface area contributed by atoms with Gasteiger partial charge in [-0.25, -0.2) is 0 Å². The molecule has 0 aliphatic carbocycles. The molecule has 0 N–H and O–H groups in total. The number of aromatic nitrogens is 2. The lowest BCUT2D eigenvalue weighted by molar-refractivity contribution is 0.0435. The number of nitrogens with zero attached hydrogens (tertiary/aromatic N) is 5. The van der Waals surface area contributed by atoms with E-state index in [2.05, 4.69) is 126 Å². The van der Waals surface area contributed by atoms with Gasteiger partial charge in [-0.05, 0) is 108 Å². The van der Waals surface area contributed by atoms with E-state index >= 15 is 0 Å². The monoisotopic (exact) mass is 1160 g/mol. The highest BCUT2D eigenvalue weighted by molar-refractivity contribution is 7.17. The Morgan fingerprint density at radius 2 is 1.09 bits per heavy atom. The molecule has 1 fully saturated rings. The van der Waals surface area contributed by atoms with E-state index in [9.17, 15) is 4.79 Å². The first-order chi connectivity index (χ1) is 40.3. The molecule has 0 spiro atoms. The number of thiophene rings is 2. The molecule has 6 heterocycles. The van der Waals surface area contributed by atoms with Crippen LogP contribution in [0.1, 0.15) is 42.4 Å². The Kier molecular flexibility index (Phi) is 20.9. The van der Waals surface area contributed by atoms with E-state index in [1.54, 1.807) is 24.5 Å². The smallest absolute Gasteiger partial charge is 0.177 e. The molecule has 5 aromatic carbocycles. The van der Waals surface area contributed by atoms with Gasteiger partial charge in [0.2, 0.25) is 0 Å². The Balaban J connectivity index is 0.905. The lowest BCUT2D eigenvalue weighted by Crippen LogP contribution is -2.34. The molecular formula is C65H71N5O9S3. The predicted molar refractivity (Wildman–Crippen MR) is 335 cm³/mol. The number of ketones is 1. The lowest BCUT2D eigenvalue weighted by Gasteiger charge is -2.30. The zero-order valence-electron chi connectivity index (χ0n) is 47.0. The summed E-state index contributed by atoms with van der Waals surface area (Å²) in [4.78, 5) is 24.1. The molecule has 11 rings (SSSR count). The van der Waals surface area contributed by atoms with Gasteiger partial charge in [-0.2, -0.15) is 8.75 Å². The second-order valence-corrected chi connectivity index (χ2v) is 22.7. The van der Waals surface area contributed by atoms with Gasteiger partial charge in [0.15, 0.2) is 5.78 Å². The van der Waals surface area contributed by atoms with Crippen molar-refractivity contribution in [3.05, 3.63) is 159 Å². The Morgan fingerprint density at radius 3 is 1.66 bits per heavy atom. The summed E-state index contributed by atoms with van der Waals surface area (Å²) in [5.41, 5.74) is 11.7. The summed E-state index contributed by atoms with van der Waals surface area (Å²) in [6, 6.07) is 39.5. The van der Waals surface area contributed by atoms with Crippen LogP contribution in [0.2, 0.25) is 0 Å². The molecule has 2 bridgehead atoms. The topological polar surface area (TPSA) is 126 Å². The number of hydrogen-bond donors (Lipinski definition) is 0. The number of hydrogen-bond acceptors (Lipinski definition) is 17. The largest absolute Gasteiger partial charge is 0.490 e. The van der Waals surface area contributed by atoms with E-state index in [-0.39, 0.29) is 5.78 Å². The van der Waals surface area contributed by atoms with Crippen molar-refractivity contribution in [3.63, 3.8) is 0 Å². The van der Waals surface area contributed by atoms with Gasteiger partial charge < -0.3 is 52.6 Å². The van der Waals surface area contributed by atoms with Crippen molar-refractivity contribution in [3.8, 4) is 38.1 Å². The van der Waals surface area contributed by atoms with Crippen LogP contribution in [-0.2, 0) is 30.1 Å². The first-order valence-electron chi connectivity index (χ1n) is 28.0. The number of Topliss-reactive ketones (excluding diaryl/α,β-unsaturated/α-hetero) is 1. The second-order valence-electron chi connectivity index (χ2n) is 20.0. The number of aryl methyl sites for hydroxylation is 2. The molecule has 3 aliphatic rings. The summed E-state index contributed by atoms with van der Waals surface area (Å²) in [6.07, 6.45) is 6.41. The zero-order chi connectivity index (χ0) is 56.5. The van der Waals surface area contributed by atoms with Crippen LogP contribution < -0.4 is 28.9 Å². The van der Waals surface area contributed by atoms with Gasteiger partial charge >= 0.3 is 0 Å². The Bertz CT molecular complexity index is 3310. The number of benzene rings is 5. The predicted octanol–water partition coefficient (Wildman–Crippen LogP) is 12.7. The minimum Gasteiger partial charge on any atom is -0.490 e. The van der Waals surface area contributed by atoms with Gasteiger partial charge in [-0.1, -0.05) is 73.3 Å². The van der Waals surface area contributed by atoms with Crippen molar-refractivity contribution in [2.75, 3.05) is 140 Å². The lowest BCUT2D eigenvalue weighted by atomic mass is 10.1. The van der Waals surface area contributed by atoms with E-state index in [4.69, 9.17) is 46.6 Å². The van der Waals surface area contributed by atoms with Crippen molar-refractivity contribution >= 4 is 86.5 Å². The SMILES string of the molecule is C=Cc1ccc(CC(=O)c2ccc(-c3ccc(-c4ccc(/C=C/c5ccc(N6CCOc7cc(C)ccc7N7CCOCCOCCN(CCOCCOCC7)c7ccc(C)cc7OCC6)c(OCCOC)c5)s4)c4nsnc34)s2)cc1. The first kappa shape index (κ1) is 58.3. The van der Waals surface area contributed by atoms with Crippen molar-refractivity contribution in [2.24, 2.45) is 0 Å². The quantitative estimate of drug-likeness (QED) is 0.0617. The number of anilines is 3. The van der Waals surface area contributed by atoms with Crippen LogP contribution >= 0.6 is 34.4 Å². The van der Waals surface area contributed by atoms with Gasteiger partial charge in [0.1, 0.15) is 48.1 Å². The van der Waals surface area contributed by atoms with Crippen LogP contribution in [-0.4, -0.2) is 140 Å². The number of methoxy groups -OCH3 is 1. The molecule has 3 aliphatic heterocycles. The highest BCUT2D eigenvalue weighted by Crippen LogP contribution is 2.41. The fourth-order valence-electron chi connectivity index (χ4n) is 9.88. The number of rotatable bonds is 13. The number of carbonyl (C=O) groups excluding carboxylic acids is 1. The normalized spacial score (nSPS) is 15.6. The number of ether oxygens (including phenoxy) is 8. The Hall–Kier alpha value is -6.93. The third-order valence-corrected chi connectivity index (χ3v) is 17.0. The van der Waals surface area contributed by atoms with E-state index in [1.165, 1.54) is 23.1 Å². The average Bonchev–Trinajstić information content (AvgIpc) is 4.48. The highest BCUT2D eigenvalue weighted by atomic mass is 32.1. The molecule has 17 heteroatoms. The van der Waals surface area contributed by atoms with Crippen LogP contribution in [0.4, 0.5) is 17.1 Å². The molecule has 0 unspecified atom stereocenters. The van der Waals surface area contributed by atoms with Crippen LogP contribution in [0, 0.1) is 13.8 Å². The fourth-order valence-corrected chi connectivity index (χ4v) is 12.4. The van der Waals surface area contributed by atoms with E-state index < -0.39 is 0 Å². The van der Waals surface area contributed by atoms with Crippen LogP contribution in [0.25, 0.3) is 50.1 Å². The van der Waals surface area contributed by atoms with Crippen LogP contribution in [0.15, 0.2) is 122 Å². The standard InChI is InChI=1S/C65H71N5O9S3/c1-5-48-8-10-49(11-9-48)44-57(71)63-23-22-62(81-63)53-17-16-52(64-65(53)67-82-66-64)61-21-15-51(80-61)14-12-50-13-20-56(60(45-50)79-41-36-72-4)70-28-34-77-58-42-46(2)6-18-54(58)68-24-30-73-37-39-75-32-26-69(27-33-76-40-38-74-31-25-68)55-19-7-47(3)43-59(55)78-35-29-70/h5-23,42-43,45H,1,24-41,44H2,2-4H3/b14-12+. The van der Waals surface area contributed by atoms with Gasteiger partial charge in [0.05, 0.1) is 106 Å². The van der Waals surface area contributed by atoms with Crippen molar-refractivity contribution < 1.29 is 42.7 Å². The summed E-state index contributed by atoms with van der Waals surface area (Å²) in [5, 5.41) is 0. The Morgan fingerprint density at radius 1 is 0.561 bits per heavy atom. The van der Waals surface area contributed by atoms with Crippen molar-refractivity contribution in [2.45, 2.75) is 20.3 Å². The molecule has 8 aromatic rings. The molecule has 0 radical (unpaired) electrons. The molecule has 3 aromatic heterocycles. The van der Waals surface area contributed by atoms with Gasteiger partial charge in [0.25, 0.3) is 0 Å². The van der Waals surface area contributed by atoms with Gasteiger partial charge in [-0.3, -0.25) is 4.79 Å². The maximum atomic E-state index is 13.4. The maximum Gasteiger partial charge on any atom is 0.177 e. The molecule has 0 saturated carbocycles. The second kappa shape index (κ2) is 29.4. The molecule has 0 atom stereocenters. The minimum absolute atomic E-state index is 0.0885. The third kappa shape index (κ3) is 15.4. The van der Waals surface area contributed by atoms with Gasteiger partial charge in [0, 0.05) is 65.5 Å².